The highest BCUT2D eigenvalue weighted by atomic mass is 19.1. The minimum atomic E-state index is -0.274. The summed E-state index contributed by atoms with van der Waals surface area (Å²) < 4.78 is 19.0. The third-order valence-corrected chi connectivity index (χ3v) is 3.21. The zero-order valence-electron chi connectivity index (χ0n) is 11.0. The number of nitrogens with one attached hydrogen (secondary N) is 1. The molecule has 2 nitrogen and oxygen atoms in total. The Morgan fingerprint density at radius 3 is 2.94 bits per heavy atom. The van der Waals surface area contributed by atoms with Gasteiger partial charge in [-0.2, -0.15) is 0 Å². The van der Waals surface area contributed by atoms with Crippen LogP contribution in [0.4, 0.5) is 4.39 Å². The molecule has 2 rings (SSSR count). The van der Waals surface area contributed by atoms with Crippen molar-refractivity contribution < 1.29 is 9.13 Å². The summed E-state index contributed by atoms with van der Waals surface area (Å²) >= 11 is 0. The Morgan fingerprint density at radius 2 is 2.28 bits per heavy atom. The molecule has 0 bridgehead atoms. The number of halogens is 1. The summed E-state index contributed by atoms with van der Waals surface area (Å²) in [4.78, 5) is 0. The third-order valence-electron chi connectivity index (χ3n) is 3.21. The van der Waals surface area contributed by atoms with Gasteiger partial charge in [-0.1, -0.05) is 18.2 Å². The molecule has 0 atom stereocenters. The minimum absolute atomic E-state index is 0.274. The molecule has 0 saturated heterocycles. The lowest BCUT2D eigenvalue weighted by molar-refractivity contribution is 0.386. The van der Waals surface area contributed by atoms with Crippen LogP contribution < -0.4 is 10.1 Å². The molecule has 1 aliphatic rings. The molecule has 1 aromatic carbocycles. The molecule has 0 unspecified atom stereocenters. The van der Waals surface area contributed by atoms with Gasteiger partial charge in [-0.15, -0.1) is 0 Å². The number of ether oxygens (including phenoxy) is 1. The minimum Gasteiger partial charge on any atom is -0.494 e. The lowest BCUT2D eigenvalue weighted by Gasteiger charge is -2.08. The van der Waals surface area contributed by atoms with E-state index in [0.29, 0.717) is 11.3 Å². The van der Waals surface area contributed by atoms with Gasteiger partial charge in [0.05, 0.1) is 7.11 Å². The third kappa shape index (κ3) is 3.33. The fraction of sp³-hybridized carbons (Fsp3) is 0.467. The molecule has 3 heteroatoms. The maximum Gasteiger partial charge on any atom is 0.172 e. The molecular weight excluding hydrogens is 229 g/mol. The molecule has 1 aromatic rings. The summed E-state index contributed by atoms with van der Waals surface area (Å²) in [5, 5.41) is 3.44. The van der Waals surface area contributed by atoms with E-state index in [1.54, 1.807) is 12.1 Å². The van der Waals surface area contributed by atoms with E-state index < -0.39 is 0 Å². The number of benzene rings is 1. The number of methoxy groups -OCH3 is 1. The number of allylic oxidation sites excluding steroid dienone is 1. The van der Waals surface area contributed by atoms with Crippen LogP contribution in [0.3, 0.4) is 0 Å². The summed E-state index contributed by atoms with van der Waals surface area (Å²) in [6.45, 7) is 2.91. The molecule has 0 amide bonds. The van der Waals surface area contributed by atoms with Gasteiger partial charge in [-0.3, -0.25) is 0 Å². The van der Waals surface area contributed by atoms with E-state index >= 15 is 0 Å². The number of hydrogen-bond acceptors (Lipinski definition) is 2. The van der Waals surface area contributed by atoms with Gasteiger partial charge in [0.25, 0.3) is 0 Å². The van der Waals surface area contributed by atoms with Crippen LogP contribution in [0.25, 0.3) is 5.57 Å². The standard InChI is InChI=1S/C15H20FNO/c1-11(5-4-10-17-12-8-9-12)13-6-3-7-14(18-2)15(13)16/h3,5-7,12,17H,4,8-10H2,1-2H3/b11-5+. The van der Waals surface area contributed by atoms with Gasteiger partial charge >= 0.3 is 0 Å². The van der Waals surface area contributed by atoms with Crippen molar-refractivity contribution in [3.63, 3.8) is 0 Å². The summed E-state index contributed by atoms with van der Waals surface area (Å²) in [7, 11) is 1.49. The van der Waals surface area contributed by atoms with Crippen LogP contribution >= 0.6 is 0 Å². The lowest BCUT2D eigenvalue weighted by atomic mass is 10.1. The first-order valence-corrected chi connectivity index (χ1v) is 6.45. The zero-order chi connectivity index (χ0) is 13.0. The summed E-state index contributed by atoms with van der Waals surface area (Å²) in [6, 6.07) is 5.97. The molecule has 98 valence electrons. The van der Waals surface area contributed by atoms with Crippen molar-refractivity contribution in [1.82, 2.24) is 5.32 Å². The smallest absolute Gasteiger partial charge is 0.172 e. The van der Waals surface area contributed by atoms with E-state index in [4.69, 9.17) is 4.74 Å². The van der Waals surface area contributed by atoms with Crippen molar-refractivity contribution in [1.29, 1.82) is 0 Å². The second-order valence-corrected chi connectivity index (χ2v) is 4.73. The van der Waals surface area contributed by atoms with Crippen LogP contribution in [0.15, 0.2) is 24.3 Å². The Labute approximate surface area is 108 Å². The molecule has 1 fully saturated rings. The molecule has 1 saturated carbocycles. The molecule has 0 aromatic heterocycles. The average molecular weight is 249 g/mol. The largest absolute Gasteiger partial charge is 0.494 e. The average Bonchev–Trinajstić information content (AvgIpc) is 3.18. The van der Waals surface area contributed by atoms with Crippen LogP contribution in [0, 0.1) is 5.82 Å². The highest BCUT2D eigenvalue weighted by molar-refractivity contribution is 5.65. The normalized spacial score (nSPS) is 15.8. The van der Waals surface area contributed by atoms with Gasteiger partial charge in [0.2, 0.25) is 0 Å². The highest BCUT2D eigenvalue weighted by Crippen LogP contribution is 2.25. The van der Waals surface area contributed by atoms with Crippen LogP contribution in [0.1, 0.15) is 31.7 Å². The Kier molecular flexibility index (Phi) is 4.37. The van der Waals surface area contributed by atoms with Crippen LogP contribution in [0.5, 0.6) is 5.75 Å². The monoisotopic (exact) mass is 249 g/mol. The van der Waals surface area contributed by atoms with E-state index in [1.807, 2.05) is 13.0 Å². The predicted octanol–water partition coefficient (Wildman–Crippen LogP) is 3.38. The van der Waals surface area contributed by atoms with E-state index in [0.717, 1.165) is 24.6 Å². The quantitative estimate of drug-likeness (QED) is 0.780. The molecule has 1 N–H and O–H groups in total. The van der Waals surface area contributed by atoms with Gasteiger partial charge in [-0.05, 0) is 44.4 Å². The molecule has 0 spiro atoms. The SMILES string of the molecule is COc1cccc(/C(C)=C/CCNC2CC2)c1F. The van der Waals surface area contributed by atoms with Gasteiger partial charge in [0, 0.05) is 11.6 Å². The van der Waals surface area contributed by atoms with Crippen molar-refractivity contribution >= 4 is 5.57 Å². The van der Waals surface area contributed by atoms with E-state index in [-0.39, 0.29) is 5.82 Å². The first kappa shape index (κ1) is 13.1. The molecule has 0 radical (unpaired) electrons. The van der Waals surface area contributed by atoms with Crippen molar-refractivity contribution in [3.8, 4) is 5.75 Å². The molecule has 0 heterocycles. The topological polar surface area (TPSA) is 21.3 Å². The molecular formula is C15H20FNO. The maximum atomic E-state index is 14.0. The second kappa shape index (κ2) is 6.01. The number of hydrogen-bond donors (Lipinski definition) is 1. The Bertz CT molecular complexity index is 438. The van der Waals surface area contributed by atoms with Crippen molar-refractivity contribution in [2.24, 2.45) is 0 Å². The fourth-order valence-corrected chi connectivity index (χ4v) is 1.95. The van der Waals surface area contributed by atoms with Crippen LogP contribution in [0.2, 0.25) is 0 Å². The zero-order valence-corrected chi connectivity index (χ0v) is 11.0. The molecule has 1 aliphatic carbocycles. The Hall–Kier alpha value is -1.35. The van der Waals surface area contributed by atoms with Gasteiger partial charge in [0.15, 0.2) is 11.6 Å². The van der Waals surface area contributed by atoms with Crippen molar-refractivity contribution in [2.75, 3.05) is 13.7 Å². The number of rotatable bonds is 6. The van der Waals surface area contributed by atoms with Gasteiger partial charge < -0.3 is 10.1 Å². The van der Waals surface area contributed by atoms with Gasteiger partial charge in [0.1, 0.15) is 0 Å². The van der Waals surface area contributed by atoms with Crippen molar-refractivity contribution in [3.05, 3.63) is 35.7 Å². The Balaban J connectivity index is 1.97. The lowest BCUT2D eigenvalue weighted by Crippen LogP contribution is -2.16. The summed E-state index contributed by atoms with van der Waals surface area (Å²) in [5.74, 6) is 0.0280. The van der Waals surface area contributed by atoms with E-state index in [2.05, 4.69) is 11.4 Å². The Morgan fingerprint density at radius 1 is 1.50 bits per heavy atom. The first-order chi connectivity index (χ1) is 8.72. The molecule has 0 aliphatic heterocycles. The summed E-state index contributed by atoms with van der Waals surface area (Å²) in [6.07, 6.45) is 5.60. The summed E-state index contributed by atoms with van der Waals surface area (Å²) in [5.41, 5.74) is 1.59. The van der Waals surface area contributed by atoms with Crippen LogP contribution in [-0.2, 0) is 0 Å². The highest BCUT2D eigenvalue weighted by Gasteiger charge is 2.19. The van der Waals surface area contributed by atoms with Crippen molar-refractivity contribution in [2.45, 2.75) is 32.2 Å². The predicted molar refractivity (Wildman–Crippen MR) is 72.2 cm³/mol. The van der Waals surface area contributed by atoms with E-state index in [9.17, 15) is 4.39 Å². The van der Waals surface area contributed by atoms with E-state index in [1.165, 1.54) is 20.0 Å². The second-order valence-electron chi connectivity index (χ2n) is 4.73. The van der Waals surface area contributed by atoms with Crippen LogP contribution in [-0.4, -0.2) is 19.7 Å². The maximum absolute atomic E-state index is 14.0. The first-order valence-electron chi connectivity index (χ1n) is 6.45. The molecule has 18 heavy (non-hydrogen) atoms. The van der Waals surface area contributed by atoms with Gasteiger partial charge in [-0.25, -0.2) is 4.39 Å². The fourth-order valence-electron chi connectivity index (χ4n) is 1.95.